The summed E-state index contributed by atoms with van der Waals surface area (Å²) in [7, 11) is 2.18. The average molecular weight is 430 g/mol. The predicted molar refractivity (Wildman–Crippen MR) is 97.9 cm³/mol. The van der Waals surface area contributed by atoms with Crippen LogP contribution >= 0.6 is 22.6 Å². The highest BCUT2D eigenvalue weighted by Gasteiger charge is 2.20. The second kappa shape index (κ2) is 8.08. The van der Waals surface area contributed by atoms with Crippen molar-refractivity contribution < 1.29 is 13.7 Å². The van der Waals surface area contributed by atoms with E-state index in [0.29, 0.717) is 5.75 Å². The average Bonchev–Trinajstić information content (AvgIpc) is 2.53. The standard InChI is InChI=1S/C17H19IO3S/c1-12-7-9-13(10-8-12)22(19)11-16(21-3)14-5-4-6-15(20-2)17(14)18/h4-10,16H,11H2,1-3H3/t16-,22+/m0/s1. The summed E-state index contributed by atoms with van der Waals surface area (Å²) in [5.41, 5.74) is 2.16. The molecule has 0 bridgehead atoms. The molecule has 0 saturated heterocycles. The summed E-state index contributed by atoms with van der Waals surface area (Å²) in [6.07, 6.45) is -0.232. The van der Waals surface area contributed by atoms with Crippen molar-refractivity contribution in [2.75, 3.05) is 20.0 Å². The first-order valence-corrected chi connectivity index (χ1v) is 9.26. The van der Waals surface area contributed by atoms with Crippen molar-refractivity contribution in [1.82, 2.24) is 0 Å². The van der Waals surface area contributed by atoms with Crippen LogP contribution < -0.4 is 4.74 Å². The minimum Gasteiger partial charge on any atom is -0.496 e. The third-order valence-electron chi connectivity index (χ3n) is 3.43. The molecule has 0 heterocycles. The number of hydrogen-bond acceptors (Lipinski definition) is 3. The summed E-state index contributed by atoms with van der Waals surface area (Å²) in [4.78, 5) is 0.825. The van der Waals surface area contributed by atoms with Crippen LogP contribution in [0.1, 0.15) is 17.2 Å². The predicted octanol–water partition coefficient (Wildman–Crippen LogP) is 4.10. The zero-order valence-corrected chi connectivity index (χ0v) is 15.8. The molecule has 0 fully saturated rings. The van der Waals surface area contributed by atoms with Crippen molar-refractivity contribution >= 4 is 33.4 Å². The van der Waals surface area contributed by atoms with Gasteiger partial charge in [-0.25, -0.2) is 0 Å². The highest BCUT2D eigenvalue weighted by atomic mass is 127. The molecule has 2 rings (SSSR count). The van der Waals surface area contributed by atoms with E-state index in [9.17, 15) is 4.21 Å². The summed E-state index contributed by atoms with van der Waals surface area (Å²) in [6, 6.07) is 13.6. The summed E-state index contributed by atoms with van der Waals surface area (Å²) < 4.78 is 24.5. The number of methoxy groups -OCH3 is 2. The summed E-state index contributed by atoms with van der Waals surface area (Å²) >= 11 is 2.24. The van der Waals surface area contributed by atoms with Gasteiger partial charge in [-0.3, -0.25) is 4.21 Å². The largest absolute Gasteiger partial charge is 0.496 e. The Morgan fingerprint density at radius 1 is 1.14 bits per heavy atom. The minimum atomic E-state index is -1.11. The molecule has 0 saturated carbocycles. The van der Waals surface area contributed by atoms with E-state index in [1.165, 1.54) is 0 Å². The smallest absolute Gasteiger partial charge is 0.132 e. The zero-order valence-electron chi connectivity index (χ0n) is 12.8. The number of aryl methyl sites for hydroxylation is 1. The monoisotopic (exact) mass is 430 g/mol. The van der Waals surface area contributed by atoms with Crippen molar-refractivity contribution in [2.45, 2.75) is 17.9 Å². The Kier molecular flexibility index (Phi) is 6.40. The van der Waals surface area contributed by atoms with Gasteiger partial charge in [0, 0.05) is 12.0 Å². The Morgan fingerprint density at radius 3 is 2.41 bits per heavy atom. The molecule has 118 valence electrons. The Morgan fingerprint density at radius 2 is 1.82 bits per heavy atom. The van der Waals surface area contributed by atoms with E-state index in [4.69, 9.17) is 9.47 Å². The molecule has 0 spiro atoms. The molecular formula is C17H19IO3S. The van der Waals surface area contributed by atoms with Crippen LogP contribution in [0.3, 0.4) is 0 Å². The van der Waals surface area contributed by atoms with Crippen molar-refractivity contribution in [1.29, 1.82) is 0 Å². The van der Waals surface area contributed by atoms with Gasteiger partial charge in [0.15, 0.2) is 0 Å². The molecule has 3 nitrogen and oxygen atoms in total. The first-order valence-electron chi connectivity index (χ1n) is 6.87. The Bertz CT molecular complexity index is 655. The van der Waals surface area contributed by atoms with E-state index in [1.54, 1.807) is 14.2 Å². The molecule has 0 amide bonds. The first kappa shape index (κ1) is 17.4. The van der Waals surface area contributed by atoms with E-state index < -0.39 is 10.8 Å². The van der Waals surface area contributed by atoms with Crippen LogP contribution in [0.5, 0.6) is 5.75 Å². The van der Waals surface area contributed by atoms with Gasteiger partial charge in [0.05, 0.1) is 33.3 Å². The molecule has 2 atom stereocenters. The molecule has 22 heavy (non-hydrogen) atoms. The van der Waals surface area contributed by atoms with Crippen molar-refractivity contribution in [2.24, 2.45) is 0 Å². The van der Waals surface area contributed by atoms with Gasteiger partial charge in [0.25, 0.3) is 0 Å². The summed E-state index contributed by atoms with van der Waals surface area (Å²) in [6.45, 7) is 2.02. The van der Waals surface area contributed by atoms with Gasteiger partial charge in [0.2, 0.25) is 0 Å². The fourth-order valence-electron chi connectivity index (χ4n) is 2.14. The molecule has 5 heteroatoms. The highest BCUT2D eigenvalue weighted by molar-refractivity contribution is 14.1. The van der Waals surface area contributed by atoms with Gasteiger partial charge in [-0.15, -0.1) is 0 Å². The van der Waals surface area contributed by atoms with E-state index in [-0.39, 0.29) is 6.10 Å². The van der Waals surface area contributed by atoms with Gasteiger partial charge in [-0.1, -0.05) is 29.8 Å². The molecule has 0 N–H and O–H groups in total. The topological polar surface area (TPSA) is 35.5 Å². The molecule has 0 aliphatic carbocycles. The number of ether oxygens (including phenoxy) is 2. The number of halogens is 1. The normalized spacial score (nSPS) is 13.6. The maximum absolute atomic E-state index is 12.6. The third-order valence-corrected chi connectivity index (χ3v) is 5.99. The van der Waals surface area contributed by atoms with Gasteiger partial charge in [-0.05, 0) is 53.3 Å². The minimum absolute atomic E-state index is 0.232. The highest BCUT2D eigenvalue weighted by Crippen LogP contribution is 2.31. The third kappa shape index (κ3) is 4.08. The Labute approximate surface area is 147 Å². The van der Waals surface area contributed by atoms with E-state index in [1.807, 2.05) is 49.4 Å². The Hall–Kier alpha value is -0.920. The van der Waals surface area contributed by atoms with E-state index in [0.717, 1.165) is 25.3 Å². The molecule has 0 aliphatic rings. The van der Waals surface area contributed by atoms with Crippen LogP contribution in [-0.4, -0.2) is 24.2 Å². The molecule has 0 aliphatic heterocycles. The van der Waals surface area contributed by atoms with Gasteiger partial charge < -0.3 is 9.47 Å². The molecule has 2 aromatic rings. The molecule has 0 radical (unpaired) electrons. The SMILES string of the molecule is COc1cccc([C@H](C[S@@](=O)c2ccc(C)cc2)OC)c1I. The van der Waals surface area contributed by atoms with Crippen LogP contribution in [0, 0.1) is 10.5 Å². The molecular weight excluding hydrogens is 411 g/mol. The lowest BCUT2D eigenvalue weighted by Gasteiger charge is -2.18. The quantitative estimate of drug-likeness (QED) is 0.648. The van der Waals surface area contributed by atoms with Crippen LogP contribution in [0.2, 0.25) is 0 Å². The second-order valence-electron chi connectivity index (χ2n) is 4.91. The van der Waals surface area contributed by atoms with Gasteiger partial charge in [-0.2, -0.15) is 0 Å². The maximum Gasteiger partial charge on any atom is 0.132 e. The van der Waals surface area contributed by atoms with Crippen LogP contribution in [0.4, 0.5) is 0 Å². The lowest BCUT2D eigenvalue weighted by atomic mass is 10.1. The molecule has 0 aromatic heterocycles. The lowest BCUT2D eigenvalue weighted by Crippen LogP contribution is -2.13. The number of rotatable bonds is 6. The fourth-order valence-corrected chi connectivity index (χ4v) is 4.29. The van der Waals surface area contributed by atoms with Crippen LogP contribution in [0.25, 0.3) is 0 Å². The van der Waals surface area contributed by atoms with Crippen molar-refractivity contribution in [3.63, 3.8) is 0 Å². The lowest BCUT2D eigenvalue weighted by molar-refractivity contribution is 0.121. The Balaban J connectivity index is 2.22. The van der Waals surface area contributed by atoms with Gasteiger partial charge >= 0.3 is 0 Å². The number of benzene rings is 2. The van der Waals surface area contributed by atoms with Crippen molar-refractivity contribution in [3.8, 4) is 5.75 Å². The van der Waals surface area contributed by atoms with Gasteiger partial charge in [0.1, 0.15) is 5.75 Å². The van der Waals surface area contributed by atoms with E-state index in [2.05, 4.69) is 22.6 Å². The maximum atomic E-state index is 12.6. The van der Waals surface area contributed by atoms with E-state index >= 15 is 0 Å². The number of hydrogen-bond donors (Lipinski definition) is 0. The van der Waals surface area contributed by atoms with Crippen molar-refractivity contribution in [3.05, 3.63) is 57.2 Å². The fraction of sp³-hybridized carbons (Fsp3) is 0.294. The second-order valence-corrected chi connectivity index (χ2v) is 7.49. The molecule has 2 aromatic carbocycles. The summed E-state index contributed by atoms with van der Waals surface area (Å²) in [5.74, 6) is 1.23. The van der Waals surface area contributed by atoms with Crippen LogP contribution in [0.15, 0.2) is 47.4 Å². The van der Waals surface area contributed by atoms with Crippen LogP contribution in [-0.2, 0) is 15.5 Å². The molecule has 0 unspecified atom stereocenters. The summed E-state index contributed by atoms with van der Waals surface area (Å²) in [5, 5.41) is 0. The first-order chi connectivity index (χ1) is 10.6. The zero-order chi connectivity index (χ0) is 16.1.